The van der Waals surface area contributed by atoms with E-state index in [1.54, 1.807) is 4.90 Å². The van der Waals surface area contributed by atoms with E-state index in [0.717, 1.165) is 32.7 Å². The molecule has 0 aromatic heterocycles. The Kier molecular flexibility index (Phi) is 7.62. The van der Waals surface area contributed by atoms with Gasteiger partial charge in [0.2, 0.25) is 0 Å². The Balaban J connectivity index is 1.39. The third-order valence-electron chi connectivity index (χ3n) is 6.00. The largest absolute Gasteiger partial charge is 0.345 e. The van der Waals surface area contributed by atoms with Gasteiger partial charge in [0.05, 0.1) is 12.6 Å². The molecule has 1 atom stereocenters. The van der Waals surface area contributed by atoms with Crippen LogP contribution in [0.25, 0.3) is 6.08 Å². The maximum absolute atomic E-state index is 12.5. The maximum Gasteiger partial charge on any atom is 0.275 e. The Morgan fingerprint density at radius 1 is 1.00 bits per heavy atom. The summed E-state index contributed by atoms with van der Waals surface area (Å²) in [6.45, 7) is 12.3. The molecule has 1 heterocycles. The first-order chi connectivity index (χ1) is 14.0. The van der Waals surface area contributed by atoms with Crippen molar-refractivity contribution in [1.29, 1.82) is 0 Å². The van der Waals surface area contributed by atoms with Crippen molar-refractivity contribution in [3.8, 4) is 0 Å². The predicted molar refractivity (Wildman–Crippen MR) is 119 cm³/mol. The molecule has 1 saturated heterocycles. The number of carbonyl (C=O) groups excluding carboxylic acids is 1. The molecular formula is C25H35N3O+2. The van der Waals surface area contributed by atoms with Crippen molar-refractivity contribution in [2.24, 2.45) is 0 Å². The Hall–Kier alpha value is -2.43. The van der Waals surface area contributed by atoms with Gasteiger partial charge in [-0.3, -0.25) is 4.79 Å². The van der Waals surface area contributed by atoms with Gasteiger partial charge in [-0.05, 0) is 49.1 Å². The van der Waals surface area contributed by atoms with Crippen LogP contribution in [0, 0.1) is 13.8 Å². The quantitative estimate of drug-likeness (QED) is 0.645. The molecule has 154 valence electrons. The third kappa shape index (κ3) is 6.55. The zero-order valence-electron chi connectivity index (χ0n) is 18.0. The van der Waals surface area contributed by atoms with Crippen molar-refractivity contribution >= 4 is 12.0 Å². The van der Waals surface area contributed by atoms with Crippen molar-refractivity contribution in [2.75, 3.05) is 39.3 Å². The number of aryl methyl sites for hydroxylation is 2. The van der Waals surface area contributed by atoms with Gasteiger partial charge in [-0.1, -0.05) is 54.6 Å². The van der Waals surface area contributed by atoms with Crippen LogP contribution in [-0.4, -0.2) is 45.2 Å². The van der Waals surface area contributed by atoms with Gasteiger partial charge in [-0.25, -0.2) is 0 Å². The number of amides is 1. The molecule has 1 aliphatic heterocycles. The fourth-order valence-corrected chi connectivity index (χ4v) is 3.90. The van der Waals surface area contributed by atoms with Gasteiger partial charge in [-0.2, -0.15) is 0 Å². The zero-order chi connectivity index (χ0) is 20.6. The first kappa shape index (κ1) is 21.3. The van der Waals surface area contributed by atoms with Gasteiger partial charge < -0.3 is 15.1 Å². The van der Waals surface area contributed by atoms with E-state index in [4.69, 9.17) is 0 Å². The fraction of sp³-hybridized carbons (Fsp3) is 0.400. The highest BCUT2D eigenvalue weighted by Gasteiger charge is 2.24. The standard InChI is InChI=1S/C25H33N3O/c1-20-11-12-24(18-21(20)2)22(3)26-25(29)19-28-16-14-27(15-17-28)13-7-10-23-8-5-4-6-9-23/h4-12,18,22H,13-17,19H2,1-3H3,(H,26,29)/p+2/b10-7+/t22-/m0/s1. The molecule has 3 rings (SSSR count). The van der Waals surface area contributed by atoms with E-state index >= 15 is 0 Å². The first-order valence-electron chi connectivity index (χ1n) is 10.8. The van der Waals surface area contributed by atoms with Crippen molar-refractivity contribution in [2.45, 2.75) is 26.8 Å². The molecule has 1 aliphatic rings. The van der Waals surface area contributed by atoms with Crippen LogP contribution in [-0.2, 0) is 4.79 Å². The van der Waals surface area contributed by atoms with E-state index in [9.17, 15) is 4.79 Å². The van der Waals surface area contributed by atoms with E-state index < -0.39 is 0 Å². The van der Waals surface area contributed by atoms with Gasteiger partial charge in [-0.15, -0.1) is 0 Å². The lowest BCUT2D eigenvalue weighted by Gasteiger charge is -2.29. The van der Waals surface area contributed by atoms with Crippen LogP contribution in [0.2, 0.25) is 0 Å². The second kappa shape index (κ2) is 10.4. The molecule has 0 bridgehead atoms. The fourth-order valence-electron chi connectivity index (χ4n) is 3.90. The van der Waals surface area contributed by atoms with Crippen molar-refractivity contribution in [1.82, 2.24) is 5.32 Å². The van der Waals surface area contributed by atoms with E-state index in [2.05, 4.69) is 80.7 Å². The lowest BCUT2D eigenvalue weighted by molar-refractivity contribution is -1.01. The lowest BCUT2D eigenvalue weighted by atomic mass is 10.0. The van der Waals surface area contributed by atoms with E-state index in [0.29, 0.717) is 6.54 Å². The molecule has 0 radical (unpaired) electrons. The summed E-state index contributed by atoms with van der Waals surface area (Å²) in [5.41, 5.74) is 4.99. The van der Waals surface area contributed by atoms with E-state index in [-0.39, 0.29) is 11.9 Å². The SMILES string of the molecule is Cc1ccc([C@H](C)NC(=O)C[NH+]2CC[NH+](C/C=C/c3ccccc3)CC2)cc1C. The average Bonchev–Trinajstić information content (AvgIpc) is 2.72. The monoisotopic (exact) mass is 393 g/mol. The summed E-state index contributed by atoms with van der Waals surface area (Å²) in [5, 5.41) is 3.18. The smallest absolute Gasteiger partial charge is 0.275 e. The normalized spacial score (nSPS) is 20.5. The summed E-state index contributed by atoms with van der Waals surface area (Å²) >= 11 is 0. The molecule has 2 aromatic carbocycles. The predicted octanol–water partition coefficient (Wildman–Crippen LogP) is 0.977. The number of carbonyl (C=O) groups is 1. The van der Waals surface area contributed by atoms with Crippen LogP contribution in [0.4, 0.5) is 0 Å². The number of nitrogens with one attached hydrogen (secondary N) is 3. The molecule has 4 nitrogen and oxygen atoms in total. The third-order valence-corrected chi connectivity index (χ3v) is 6.00. The zero-order valence-corrected chi connectivity index (χ0v) is 18.0. The van der Waals surface area contributed by atoms with Crippen molar-refractivity contribution < 1.29 is 14.6 Å². The van der Waals surface area contributed by atoms with E-state index in [1.807, 2.05) is 6.07 Å². The minimum atomic E-state index is 0.0521. The van der Waals surface area contributed by atoms with Crippen molar-refractivity contribution in [3.05, 3.63) is 76.9 Å². The summed E-state index contributed by atoms with van der Waals surface area (Å²) < 4.78 is 0. The summed E-state index contributed by atoms with van der Waals surface area (Å²) in [6, 6.07) is 16.9. The molecule has 0 unspecified atom stereocenters. The number of hydrogen-bond donors (Lipinski definition) is 3. The number of quaternary nitrogens is 2. The maximum atomic E-state index is 12.5. The molecule has 0 saturated carbocycles. The molecule has 1 amide bonds. The summed E-state index contributed by atoms with van der Waals surface area (Å²) in [6.07, 6.45) is 4.47. The highest BCUT2D eigenvalue weighted by Crippen LogP contribution is 2.16. The van der Waals surface area contributed by atoms with Gasteiger partial charge in [0, 0.05) is 0 Å². The molecule has 2 aromatic rings. The number of benzene rings is 2. The van der Waals surface area contributed by atoms with Gasteiger partial charge in [0.25, 0.3) is 5.91 Å². The average molecular weight is 394 g/mol. The van der Waals surface area contributed by atoms with Gasteiger partial charge in [0.1, 0.15) is 26.2 Å². The first-order valence-corrected chi connectivity index (χ1v) is 10.8. The van der Waals surface area contributed by atoms with Crippen molar-refractivity contribution in [3.63, 3.8) is 0 Å². The molecule has 29 heavy (non-hydrogen) atoms. The molecular weight excluding hydrogens is 358 g/mol. The summed E-state index contributed by atoms with van der Waals surface area (Å²) in [7, 11) is 0. The minimum Gasteiger partial charge on any atom is -0.345 e. The molecule has 3 N–H and O–H groups in total. The number of rotatable bonds is 7. The van der Waals surface area contributed by atoms with Gasteiger partial charge >= 0.3 is 0 Å². The van der Waals surface area contributed by atoms with E-state index in [1.165, 1.54) is 27.2 Å². The van der Waals surface area contributed by atoms with Crippen LogP contribution in [0.15, 0.2) is 54.6 Å². The summed E-state index contributed by atoms with van der Waals surface area (Å²) in [5.74, 6) is 0.151. The Bertz CT molecular complexity index is 823. The van der Waals surface area contributed by atoms with Crippen LogP contribution >= 0.6 is 0 Å². The molecule has 0 spiro atoms. The Morgan fingerprint density at radius 2 is 1.69 bits per heavy atom. The van der Waals surface area contributed by atoms with Gasteiger partial charge in [0.15, 0.2) is 6.54 Å². The molecule has 1 fully saturated rings. The highest BCUT2D eigenvalue weighted by molar-refractivity contribution is 5.77. The minimum absolute atomic E-state index is 0.0521. The van der Waals surface area contributed by atoms with Crippen LogP contribution < -0.4 is 15.1 Å². The van der Waals surface area contributed by atoms with Crippen LogP contribution in [0.5, 0.6) is 0 Å². The second-order valence-corrected chi connectivity index (χ2v) is 8.33. The Labute approximate surface area is 175 Å². The highest BCUT2D eigenvalue weighted by atomic mass is 16.2. The number of piperazine rings is 1. The lowest BCUT2D eigenvalue weighted by Crippen LogP contribution is -3.28. The topological polar surface area (TPSA) is 38.0 Å². The van der Waals surface area contributed by atoms with Crippen LogP contribution in [0.1, 0.15) is 35.2 Å². The summed E-state index contributed by atoms with van der Waals surface area (Å²) in [4.78, 5) is 15.5. The molecule has 4 heteroatoms. The second-order valence-electron chi connectivity index (χ2n) is 8.33. The van der Waals surface area contributed by atoms with Crippen LogP contribution in [0.3, 0.4) is 0 Å². The Morgan fingerprint density at radius 3 is 2.38 bits per heavy atom. The molecule has 0 aliphatic carbocycles. The number of hydrogen-bond acceptors (Lipinski definition) is 1.